The van der Waals surface area contributed by atoms with Gasteiger partial charge in [-0.15, -0.1) is 24.0 Å². The first-order valence-electron chi connectivity index (χ1n) is 9.67. The molecule has 1 amide bonds. The number of ether oxygens (including phenoxy) is 1. The SMILES string of the molecule is CN=C(NCc1cccc(OCC(=O)NC2CC2)c1)NC1CCC(SC)C1.I. The molecule has 0 bridgehead atoms. The molecule has 0 spiro atoms. The van der Waals surface area contributed by atoms with E-state index in [1.54, 1.807) is 7.05 Å². The minimum atomic E-state index is -0.0502. The summed E-state index contributed by atoms with van der Waals surface area (Å²) in [5.74, 6) is 1.49. The van der Waals surface area contributed by atoms with E-state index in [1.807, 2.05) is 36.0 Å². The molecule has 2 unspecified atom stereocenters. The Bertz CT molecular complexity index is 669. The van der Waals surface area contributed by atoms with Gasteiger partial charge >= 0.3 is 0 Å². The molecule has 3 N–H and O–H groups in total. The number of amides is 1. The van der Waals surface area contributed by atoms with E-state index < -0.39 is 0 Å². The monoisotopic (exact) mass is 518 g/mol. The maximum Gasteiger partial charge on any atom is 0.258 e. The Kier molecular flexibility index (Phi) is 9.70. The van der Waals surface area contributed by atoms with Crippen LogP contribution in [0.3, 0.4) is 0 Å². The second-order valence-electron chi connectivity index (χ2n) is 7.22. The van der Waals surface area contributed by atoms with Crippen LogP contribution in [0.25, 0.3) is 0 Å². The highest BCUT2D eigenvalue weighted by molar-refractivity contribution is 14.0. The third-order valence-electron chi connectivity index (χ3n) is 4.95. The molecule has 2 aliphatic rings. The number of halogens is 1. The molecule has 0 aliphatic heterocycles. The molecule has 28 heavy (non-hydrogen) atoms. The number of aliphatic imine (C=N–C) groups is 1. The van der Waals surface area contributed by atoms with E-state index in [1.165, 1.54) is 19.3 Å². The zero-order valence-electron chi connectivity index (χ0n) is 16.6. The number of nitrogens with zero attached hydrogens (tertiary/aromatic N) is 1. The second-order valence-corrected chi connectivity index (χ2v) is 8.35. The molecule has 2 atom stereocenters. The molecule has 0 aromatic heterocycles. The number of guanidine groups is 1. The number of hydrogen-bond donors (Lipinski definition) is 3. The summed E-state index contributed by atoms with van der Waals surface area (Å²) >= 11 is 1.95. The minimum Gasteiger partial charge on any atom is -0.484 e. The maximum absolute atomic E-state index is 11.7. The van der Waals surface area contributed by atoms with Gasteiger partial charge in [0.1, 0.15) is 5.75 Å². The van der Waals surface area contributed by atoms with Crippen molar-refractivity contribution in [2.45, 2.75) is 56.0 Å². The Labute approximate surface area is 189 Å². The van der Waals surface area contributed by atoms with Crippen molar-refractivity contribution in [1.82, 2.24) is 16.0 Å². The quantitative estimate of drug-likeness (QED) is 0.281. The summed E-state index contributed by atoms with van der Waals surface area (Å²) in [5.41, 5.74) is 1.09. The van der Waals surface area contributed by atoms with Crippen LogP contribution in [0.2, 0.25) is 0 Å². The summed E-state index contributed by atoms with van der Waals surface area (Å²) in [6.45, 7) is 0.721. The fraction of sp³-hybridized carbons (Fsp3) is 0.600. The van der Waals surface area contributed by atoms with E-state index in [9.17, 15) is 4.79 Å². The lowest BCUT2D eigenvalue weighted by atomic mass is 10.2. The third-order valence-corrected chi connectivity index (χ3v) is 6.05. The predicted octanol–water partition coefficient (Wildman–Crippen LogP) is 2.91. The molecule has 0 saturated heterocycles. The number of nitrogens with one attached hydrogen (secondary N) is 3. The molecule has 6 nitrogen and oxygen atoms in total. The number of hydrogen-bond acceptors (Lipinski definition) is 4. The van der Waals surface area contributed by atoms with Crippen LogP contribution in [0, 0.1) is 0 Å². The first-order valence-corrected chi connectivity index (χ1v) is 11.0. The number of carbonyl (C=O) groups excluding carboxylic acids is 1. The van der Waals surface area contributed by atoms with E-state index in [-0.39, 0.29) is 36.5 Å². The van der Waals surface area contributed by atoms with Crippen LogP contribution in [0.15, 0.2) is 29.3 Å². The molecular weight excluding hydrogens is 487 g/mol. The van der Waals surface area contributed by atoms with Gasteiger partial charge in [-0.25, -0.2) is 0 Å². The standard InChI is InChI=1S/C20H30N4O2S.HI/c1-21-20(24-16-8-9-18(11-16)27-2)22-12-14-4-3-5-17(10-14)26-13-19(25)23-15-6-7-15;/h3-5,10,15-16,18H,6-9,11-13H2,1-2H3,(H,23,25)(H2,21,22,24);1H. The van der Waals surface area contributed by atoms with Gasteiger partial charge in [0.05, 0.1) is 0 Å². The highest BCUT2D eigenvalue weighted by Crippen LogP contribution is 2.28. The van der Waals surface area contributed by atoms with Crippen LogP contribution in [0.4, 0.5) is 0 Å². The summed E-state index contributed by atoms with van der Waals surface area (Å²) in [6.07, 6.45) is 8.00. The lowest BCUT2D eigenvalue weighted by molar-refractivity contribution is -0.123. The molecule has 1 aromatic carbocycles. The van der Waals surface area contributed by atoms with Crippen molar-refractivity contribution < 1.29 is 9.53 Å². The molecule has 2 fully saturated rings. The second kappa shape index (κ2) is 11.7. The predicted molar refractivity (Wildman–Crippen MR) is 127 cm³/mol. The van der Waals surface area contributed by atoms with Gasteiger partial charge in [-0.1, -0.05) is 12.1 Å². The fourth-order valence-corrected chi connectivity index (χ4v) is 4.05. The van der Waals surface area contributed by atoms with E-state index in [0.717, 1.165) is 29.6 Å². The third kappa shape index (κ3) is 7.69. The Hall–Kier alpha value is -1.16. The summed E-state index contributed by atoms with van der Waals surface area (Å²) in [5, 5.41) is 10.6. The maximum atomic E-state index is 11.7. The van der Waals surface area contributed by atoms with Crippen LogP contribution in [0.1, 0.15) is 37.7 Å². The van der Waals surface area contributed by atoms with E-state index in [2.05, 4.69) is 27.2 Å². The lowest BCUT2D eigenvalue weighted by Crippen LogP contribution is -2.42. The van der Waals surface area contributed by atoms with Gasteiger partial charge in [-0.2, -0.15) is 11.8 Å². The van der Waals surface area contributed by atoms with Crippen LogP contribution < -0.4 is 20.7 Å². The fourth-order valence-electron chi connectivity index (χ4n) is 3.25. The molecule has 0 radical (unpaired) electrons. The zero-order valence-corrected chi connectivity index (χ0v) is 19.7. The molecule has 0 heterocycles. The summed E-state index contributed by atoms with van der Waals surface area (Å²) < 4.78 is 5.61. The normalized spacial score (nSPS) is 21.6. The number of benzene rings is 1. The van der Waals surface area contributed by atoms with E-state index in [0.29, 0.717) is 24.4 Å². The van der Waals surface area contributed by atoms with Crippen LogP contribution >= 0.6 is 35.7 Å². The van der Waals surface area contributed by atoms with Crippen LogP contribution in [-0.4, -0.2) is 49.1 Å². The number of thioether (sulfide) groups is 1. The highest BCUT2D eigenvalue weighted by Gasteiger charge is 2.24. The first kappa shape index (κ1) is 23.1. The Morgan fingerprint density at radius 3 is 2.68 bits per heavy atom. The van der Waals surface area contributed by atoms with Gasteiger partial charge in [0.25, 0.3) is 5.91 Å². The average molecular weight is 518 g/mol. The van der Waals surface area contributed by atoms with Crippen molar-refractivity contribution >= 4 is 47.6 Å². The van der Waals surface area contributed by atoms with Crippen molar-refractivity contribution in [2.24, 2.45) is 4.99 Å². The lowest BCUT2D eigenvalue weighted by Gasteiger charge is -2.17. The number of rotatable bonds is 8. The topological polar surface area (TPSA) is 74.8 Å². The highest BCUT2D eigenvalue weighted by atomic mass is 127. The average Bonchev–Trinajstić information content (AvgIpc) is 3.38. The Morgan fingerprint density at radius 2 is 2.00 bits per heavy atom. The molecule has 1 aromatic rings. The molecule has 8 heteroatoms. The molecule has 2 saturated carbocycles. The van der Waals surface area contributed by atoms with E-state index >= 15 is 0 Å². The first-order chi connectivity index (χ1) is 13.2. The Balaban J connectivity index is 0.00000280. The number of carbonyl (C=O) groups is 1. The molecule has 156 valence electrons. The minimum absolute atomic E-state index is 0. The van der Waals surface area contributed by atoms with Crippen molar-refractivity contribution in [1.29, 1.82) is 0 Å². The summed E-state index contributed by atoms with van der Waals surface area (Å²) in [7, 11) is 1.80. The smallest absolute Gasteiger partial charge is 0.258 e. The van der Waals surface area contributed by atoms with Crippen LogP contribution in [-0.2, 0) is 11.3 Å². The van der Waals surface area contributed by atoms with Gasteiger partial charge in [-0.05, 0) is 56.1 Å². The summed E-state index contributed by atoms with van der Waals surface area (Å²) in [6, 6.07) is 8.68. The van der Waals surface area contributed by atoms with Crippen molar-refractivity contribution in [2.75, 3.05) is 19.9 Å². The molecule has 2 aliphatic carbocycles. The summed E-state index contributed by atoms with van der Waals surface area (Å²) in [4.78, 5) is 16.1. The molecule has 3 rings (SSSR count). The van der Waals surface area contributed by atoms with Crippen molar-refractivity contribution in [3.8, 4) is 5.75 Å². The molecular formula is C20H31IN4O2S. The zero-order chi connectivity index (χ0) is 19.1. The van der Waals surface area contributed by atoms with Gasteiger partial charge < -0.3 is 20.7 Å². The largest absolute Gasteiger partial charge is 0.484 e. The van der Waals surface area contributed by atoms with Crippen molar-refractivity contribution in [3.63, 3.8) is 0 Å². The van der Waals surface area contributed by atoms with E-state index in [4.69, 9.17) is 4.74 Å². The van der Waals surface area contributed by atoms with Gasteiger partial charge in [0.2, 0.25) is 0 Å². The van der Waals surface area contributed by atoms with Crippen molar-refractivity contribution in [3.05, 3.63) is 29.8 Å². The van der Waals surface area contributed by atoms with Gasteiger partial charge in [0, 0.05) is 30.9 Å². The van der Waals surface area contributed by atoms with Crippen LogP contribution in [0.5, 0.6) is 5.75 Å². The Morgan fingerprint density at radius 1 is 1.21 bits per heavy atom. The van der Waals surface area contributed by atoms with Gasteiger partial charge in [-0.3, -0.25) is 9.79 Å². The van der Waals surface area contributed by atoms with Gasteiger partial charge in [0.15, 0.2) is 12.6 Å².